The number of amides is 2. The molecule has 1 aromatic carbocycles. The molecular formula is C16H14N4O4. The second-order valence-electron chi connectivity index (χ2n) is 4.66. The molecule has 122 valence electrons. The number of nitrogens with one attached hydrogen (secondary N) is 2. The lowest BCUT2D eigenvalue weighted by molar-refractivity contribution is -0.139. The van der Waals surface area contributed by atoms with Gasteiger partial charge in [0, 0.05) is 18.9 Å². The normalized spacial score (nSPS) is 10.3. The largest absolute Gasteiger partial charge is 0.478 e. The van der Waals surface area contributed by atoms with Gasteiger partial charge in [-0.25, -0.2) is 10.2 Å². The Morgan fingerprint density at radius 3 is 2.33 bits per heavy atom. The van der Waals surface area contributed by atoms with Gasteiger partial charge in [-0.15, -0.1) is 0 Å². The number of hydrazone groups is 1. The lowest BCUT2D eigenvalue weighted by Gasteiger charge is -2.03. The molecule has 0 spiro atoms. The van der Waals surface area contributed by atoms with E-state index in [2.05, 4.69) is 20.8 Å². The Kier molecular flexibility index (Phi) is 5.73. The minimum absolute atomic E-state index is 0.145. The quantitative estimate of drug-likeness (QED) is 0.421. The zero-order chi connectivity index (χ0) is 17.4. The fourth-order valence-corrected chi connectivity index (χ4v) is 1.69. The van der Waals surface area contributed by atoms with Crippen molar-refractivity contribution in [2.45, 2.75) is 6.54 Å². The van der Waals surface area contributed by atoms with Crippen molar-refractivity contribution < 1.29 is 19.5 Å². The Bertz CT molecular complexity index is 757. The summed E-state index contributed by atoms with van der Waals surface area (Å²) < 4.78 is 0. The molecule has 8 heteroatoms. The summed E-state index contributed by atoms with van der Waals surface area (Å²) in [7, 11) is 0. The van der Waals surface area contributed by atoms with Gasteiger partial charge in [0.1, 0.15) is 0 Å². The summed E-state index contributed by atoms with van der Waals surface area (Å²) in [5, 5.41) is 14.9. The lowest BCUT2D eigenvalue weighted by Crippen LogP contribution is -2.37. The molecule has 0 aliphatic heterocycles. The Balaban J connectivity index is 1.81. The molecule has 0 aliphatic rings. The van der Waals surface area contributed by atoms with Gasteiger partial charge in [0.15, 0.2) is 0 Å². The summed E-state index contributed by atoms with van der Waals surface area (Å²) in [5.41, 5.74) is 3.63. The van der Waals surface area contributed by atoms with Gasteiger partial charge in [0.25, 0.3) is 0 Å². The maximum atomic E-state index is 11.6. The van der Waals surface area contributed by atoms with Gasteiger partial charge in [-0.3, -0.25) is 14.6 Å². The molecule has 2 rings (SSSR count). The zero-order valence-corrected chi connectivity index (χ0v) is 12.5. The van der Waals surface area contributed by atoms with Crippen LogP contribution < -0.4 is 10.7 Å². The second kappa shape index (κ2) is 8.18. The van der Waals surface area contributed by atoms with Gasteiger partial charge in [-0.1, -0.05) is 12.1 Å². The highest BCUT2D eigenvalue weighted by Crippen LogP contribution is 2.02. The van der Waals surface area contributed by atoms with Gasteiger partial charge >= 0.3 is 17.8 Å². The monoisotopic (exact) mass is 326 g/mol. The maximum absolute atomic E-state index is 11.6. The Hall–Kier alpha value is -3.55. The van der Waals surface area contributed by atoms with Crippen molar-refractivity contribution >= 4 is 24.0 Å². The molecule has 3 N–H and O–H groups in total. The van der Waals surface area contributed by atoms with Crippen molar-refractivity contribution in [3.05, 3.63) is 65.5 Å². The number of rotatable bonds is 5. The van der Waals surface area contributed by atoms with Crippen LogP contribution in [0.1, 0.15) is 21.5 Å². The molecule has 2 amide bonds. The van der Waals surface area contributed by atoms with Crippen LogP contribution >= 0.6 is 0 Å². The molecule has 0 unspecified atom stereocenters. The summed E-state index contributed by atoms with van der Waals surface area (Å²) in [6.45, 7) is 0.204. The van der Waals surface area contributed by atoms with Crippen LogP contribution in [-0.2, 0) is 16.1 Å². The first-order valence-electron chi connectivity index (χ1n) is 6.90. The van der Waals surface area contributed by atoms with Crippen molar-refractivity contribution in [2.75, 3.05) is 0 Å². The standard InChI is InChI=1S/C16H14N4O4/c21-14(18-9-12-5-7-17-8-6-12)15(22)20-19-10-11-1-3-13(4-2-11)16(23)24/h1-8,10H,9H2,(H,18,21)(H,20,22)(H,23,24)/b19-10+. The molecule has 0 atom stereocenters. The molecule has 24 heavy (non-hydrogen) atoms. The van der Waals surface area contributed by atoms with Gasteiger partial charge in [0.05, 0.1) is 11.8 Å². The first-order valence-corrected chi connectivity index (χ1v) is 6.90. The summed E-state index contributed by atoms with van der Waals surface area (Å²) in [6.07, 6.45) is 4.47. The molecule has 0 saturated heterocycles. The zero-order valence-electron chi connectivity index (χ0n) is 12.5. The number of aromatic carboxylic acids is 1. The Morgan fingerprint density at radius 1 is 1.04 bits per heavy atom. The molecule has 2 aromatic rings. The van der Waals surface area contributed by atoms with Gasteiger partial charge < -0.3 is 10.4 Å². The number of nitrogens with zero attached hydrogens (tertiary/aromatic N) is 2. The Labute approximate surface area is 137 Å². The van der Waals surface area contributed by atoms with E-state index >= 15 is 0 Å². The number of benzene rings is 1. The summed E-state index contributed by atoms with van der Waals surface area (Å²) in [6, 6.07) is 9.32. The fraction of sp³-hybridized carbons (Fsp3) is 0.0625. The van der Waals surface area contributed by atoms with E-state index in [1.54, 1.807) is 24.5 Å². The SMILES string of the molecule is O=C(NCc1ccncc1)C(=O)N/N=C/c1ccc(C(=O)O)cc1. The molecule has 0 saturated carbocycles. The van der Waals surface area contributed by atoms with Crippen molar-refractivity contribution in [3.63, 3.8) is 0 Å². The first-order chi connectivity index (χ1) is 11.6. The number of carboxylic acid groups (broad SMARTS) is 1. The third-order valence-corrected chi connectivity index (χ3v) is 2.95. The van der Waals surface area contributed by atoms with Gasteiger partial charge in [0.2, 0.25) is 0 Å². The fourth-order valence-electron chi connectivity index (χ4n) is 1.69. The van der Waals surface area contributed by atoms with Crippen LogP contribution in [0.2, 0.25) is 0 Å². The van der Waals surface area contributed by atoms with E-state index in [1.165, 1.54) is 30.5 Å². The molecule has 1 aromatic heterocycles. The third-order valence-electron chi connectivity index (χ3n) is 2.95. The highest BCUT2D eigenvalue weighted by molar-refractivity contribution is 6.35. The van der Waals surface area contributed by atoms with Crippen LogP contribution in [0.3, 0.4) is 0 Å². The van der Waals surface area contributed by atoms with Crippen molar-refractivity contribution in [1.29, 1.82) is 0 Å². The molecule has 8 nitrogen and oxygen atoms in total. The topological polar surface area (TPSA) is 121 Å². The molecule has 0 aliphatic carbocycles. The van der Waals surface area contributed by atoms with Crippen LogP contribution in [-0.4, -0.2) is 34.1 Å². The van der Waals surface area contributed by atoms with E-state index in [0.717, 1.165) is 5.56 Å². The number of carbonyl (C=O) groups is 3. The van der Waals surface area contributed by atoms with Gasteiger partial charge in [-0.05, 0) is 35.4 Å². The predicted molar refractivity (Wildman–Crippen MR) is 85.2 cm³/mol. The highest BCUT2D eigenvalue weighted by Gasteiger charge is 2.11. The van der Waals surface area contributed by atoms with E-state index in [-0.39, 0.29) is 12.1 Å². The van der Waals surface area contributed by atoms with Crippen LogP contribution in [0.15, 0.2) is 53.9 Å². The van der Waals surface area contributed by atoms with E-state index in [0.29, 0.717) is 5.56 Å². The van der Waals surface area contributed by atoms with E-state index in [9.17, 15) is 14.4 Å². The number of carboxylic acids is 1. The number of hydrogen-bond donors (Lipinski definition) is 3. The van der Waals surface area contributed by atoms with E-state index in [1.807, 2.05) is 0 Å². The number of hydrogen-bond acceptors (Lipinski definition) is 5. The average molecular weight is 326 g/mol. The Morgan fingerprint density at radius 2 is 1.71 bits per heavy atom. The van der Waals surface area contributed by atoms with Crippen molar-refractivity contribution in [2.24, 2.45) is 5.10 Å². The summed E-state index contributed by atoms with van der Waals surface area (Å²) in [5.74, 6) is -2.75. The molecular weight excluding hydrogens is 312 g/mol. The van der Waals surface area contributed by atoms with E-state index in [4.69, 9.17) is 5.11 Å². The average Bonchev–Trinajstić information content (AvgIpc) is 2.61. The molecule has 1 heterocycles. The lowest BCUT2D eigenvalue weighted by atomic mass is 10.1. The van der Waals surface area contributed by atoms with E-state index < -0.39 is 17.8 Å². The second-order valence-corrected chi connectivity index (χ2v) is 4.66. The van der Waals surface area contributed by atoms with Crippen molar-refractivity contribution in [1.82, 2.24) is 15.7 Å². The molecule has 0 radical (unpaired) electrons. The minimum atomic E-state index is -1.03. The summed E-state index contributed by atoms with van der Waals surface area (Å²) >= 11 is 0. The van der Waals surface area contributed by atoms with Crippen LogP contribution in [0.25, 0.3) is 0 Å². The number of aromatic nitrogens is 1. The first kappa shape index (κ1) is 16.8. The van der Waals surface area contributed by atoms with Crippen LogP contribution in [0, 0.1) is 0 Å². The number of pyridine rings is 1. The van der Waals surface area contributed by atoms with Crippen molar-refractivity contribution in [3.8, 4) is 0 Å². The third kappa shape index (κ3) is 5.02. The molecule has 0 fully saturated rings. The minimum Gasteiger partial charge on any atom is -0.478 e. The van der Waals surface area contributed by atoms with Gasteiger partial charge in [-0.2, -0.15) is 5.10 Å². The summed E-state index contributed by atoms with van der Waals surface area (Å²) in [4.78, 5) is 37.7. The highest BCUT2D eigenvalue weighted by atomic mass is 16.4. The number of carbonyl (C=O) groups excluding carboxylic acids is 2. The molecule has 0 bridgehead atoms. The maximum Gasteiger partial charge on any atom is 0.335 e. The smallest absolute Gasteiger partial charge is 0.335 e. The van der Waals surface area contributed by atoms with Crippen LogP contribution in [0.4, 0.5) is 0 Å². The predicted octanol–water partition coefficient (Wildman–Crippen LogP) is 0.546. The van der Waals surface area contributed by atoms with Crippen LogP contribution in [0.5, 0.6) is 0 Å².